The molecule has 11 heteroatoms. The van der Waals surface area contributed by atoms with Crippen LogP contribution in [0.25, 0.3) is 10.9 Å². The Morgan fingerprint density at radius 1 is 1.13 bits per heavy atom. The van der Waals surface area contributed by atoms with Crippen LogP contribution in [-0.4, -0.2) is 60.5 Å². The number of benzene rings is 1. The van der Waals surface area contributed by atoms with Crippen LogP contribution in [-0.2, 0) is 19.1 Å². The number of rotatable bonds is 9. The van der Waals surface area contributed by atoms with Gasteiger partial charge in [0.25, 0.3) is 5.91 Å². The molecule has 38 heavy (non-hydrogen) atoms. The van der Waals surface area contributed by atoms with E-state index in [2.05, 4.69) is 20.9 Å². The first-order valence-corrected chi connectivity index (χ1v) is 12.9. The molecule has 2 aromatic rings. The van der Waals surface area contributed by atoms with Crippen molar-refractivity contribution >= 4 is 46.2 Å². The van der Waals surface area contributed by atoms with Gasteiger partial charge in [-0.1, -0.05) is 32.4 Å². The highest BCUT2D eigenvalue weighted by molar-refractivity contribution is 6.35. The maximum atomic E-state index is 13.4. The van der Waals surface area contributed by atoms with Crippen LogP contribution in [0.4, 0.5) is 0 Å². The summed E-state index contributed by atoms with van der Waals surface area (Å²) in [5.74, 6) is -1.79. The number of hydrogen-bond acceptors (Lipinski definition) is 6. The van der Waals surface area contributed by atoms with Crippen molar-refractivity contribution in [1.82, 2.24) is 20.9 Å². The largest absolute Gasteiger partial charge is 0.497 e. The summed E-state index contributed by atoms with van der Waals surface area (Å²) < 4.78 is 10.1. The first kappa shape index (κ1) is 29.3. The van der Waals surface area contributed by atoms with Gasteiger partial charge in [-0.15, -0.1) is 0 Å². The summed E-state index contributed by atoms with van der Waals surface area (Å²) in [4.78, 5) is 54.6. The average molecular weight is 549 g/mol. The van der Waals surface area contributed by atoms with Gasteiger partial charge in [0, 0.05) is 22.9 Å². The molecule has 0 unspecified atom stereocenters. The average Bonchev–Trinajstić information content (AvgIpc) is 3.36. The maximum absolute atomic E-state index is 13.4. The van der Waals surface area contributed by atoms with Gasteiger partial charge in [0.1, 0.15) is 23.5 Å². The summed E-state index contributed by atoms with van der Waals surface area (Å²) in [7, 11) is 2.75. The van der Waals surface area contributed by atoms with E-state index >= 15 is 0 Å². The number of halogens is 1. The van der Waals surface area contributed by atoms with Crippen LogP contribution in [0, 0.1) is 11.3 Å². The lowest BCUT2D eigenvalue weighted by Crippen LogP contribution is -2.53. The second-order valence-corrected chi connectivity index (χ2v) is 12.0. The Hall–Kier alpha value is -3.27. The molecule has 0 radical (unpaired) electrons. The van der Waals surface area contributed by atoms with Gasteiger partial charge < -0.3 is 30.4 Å². The Balaban J connectivity index is 1.81. The van der Waals surface area contributed by atoms with Crippen molar-refractivity contribution in [3.8, 4) is 5.75 Å². The fourth-order valence-electron chi connectivity index (χ4n) is 4.77. The Morgan fingerprint density at radius 3 is 2.37 bits per heavy atom. The molecule has 1 aromatic heterocycles. The zero-order valence-electron chi connectivity index (χ0n) is 22.9. The molecule has 1 aliphatic heterocycles. The van der Waals surface area contributed by atoms with Gasteiger partial charge in [-0.05, 0) is 50.7 Å². The summed E-state index contributed by atoms with van der Waals surface area (Å²) in [5.41, 5.74) is 0.0544. The van der Waals surface area contributed by atoms with Crippen molar-refractivity contribution < 1.29 is 28.7 Å². The van der Waals surface area contributed by atoms with E-state index in [1.807, 2.05) is 34.6 Å². The van der Waals surface area contributed by atoms with Crippen molar-refractivity contribution in [3.05, 3.63) is 28.9 Å². The highest BCUT2D eigenvalue weighted by atomic mass is 35.5. The highest BCUT2D eigenvalue weighted by Gasteiger charge is 2.40. The quantitative estimate of drug-likeness (QED) is 0.355. The van der Waals surface area contributed by atoms with Gasteiger partial charge >= 0.3 is 5.97 Å². The van der Waals surface area contributed by atoms with Gasteiger partial charge in [0.15, 0.2) is 0 Å². The zero-order valence-corrected chi connectivity index (χ0v) is 23.7. The first-order valence-electron chi connectivity index (χ1n) is 12.5. The molecule has 1 aromatic carbocycles. The second kappa shape index (κ2) is 11.2. The van der Waals surface area contributed by atoms with Crippen molar-refractivity contribution in [1.29, 1.82) is 0 Å². The fraction of sp³-hybridized carbons (Fsp3) is 0.556. The first-order chi connectivity index (χ1) is 17.6. The topological polar surface area (TPSA) is 139 Å². The number of methoxy groups -OCH3 is 2. The monoisotopic (exact) mass is 548 g/mol. The summed E-state index contributed by atoms with van der Waals surface area (Å²) in [5, 5.41) is 9.47. The molecule has 0 saturated carbocycles. The minimum atomic E-state index is -1.05. The normalized spacial score (nSPS) is 18.4. The Morgan fingerprint density at radius 2 is 1.82 bits per heavy atom. The molecule has 208 valence electrons. The minimum Gasteiger partial charge on any atom is -0.497 e. The number of nitrogens with one attached hydrogen (secondary N) is 4. The predicted octanol–water partition coefficient (Wildman–Crippen LogP) is 3.33. The number of esters is 1. The summed E-state index contributed by atoms with van der Waals surface area (Å²) in [6, 6.07) is 3.00. The molecule has 3 atom stereocenters. The number of aromatic nitrogens is 1. The van der Waals surface area contributed by atoms with E-state index in [1.54, 1.807) is 18.2 Å². The van der Waals surface area contributed by atoms with E-state index in [0.29, 0.717) is 34.5 Å². The molecule has 2 heterocycles. The molecule has 1 saturated heterocycles. The Labute approximate surface area is 227 Å². The smallest absolute Gasteiger partial charge is 0.328 e. The second-order valence-electron chi connectivity index (χ2n) is 11.6. The lowest BCUT2D eigenvalue weighted by Gasteiger charge is -2.28. The third-order valence-corrected chi connectivity index (χ3v) is 6.78. The molecule has 1 aliphatic rings. The number of amides is 3. The molecule has 3 amide bonds. The number of fused-ring (bicyclic) bond motifs is 1. The number of hydrogen-bond donors (Lipinski definition) is 4. The van der Waals surface area contributed by atoms with Crippen molar-refractivity contribution in [2.45, 2.75) is 71.5 Å². The van der Waals surface area contributed by atoms with Gasteiger partial charge in [-0.25, -0.2) is 4.79 Å². The molecule has 1 fully saturated rings. The lowest BCUT2D eigenvalue weighted by molar-refractivity contribution is -0.146. The highest BCUT2D eigenvalue weighted by Crippen LogP contribution is 2.30. The molecular formula is C27H37ClN4O6. The number of carbonyl (C=O) groups is 4. The summed E-state index contributed by atoms with van der Waals surface area (Å²) >= 11 is 6.32. The Kier molecular flexibility index (Phi) is 8.65. The van der Waals surface area contributed by atoms with Gasteiger partial charge in [0.2, 0.25) is 11.8 Å². The van der Waals surface area contributed by atoms with E-state index < -0.39 is 41.3 Å². The molecule has 10 nitrogen and oxygen atoms in total. The van der Waals surface area contributed by atoms with E-state index in [9.17, 15) is 19.2 Å². The van der Waals surface area contributed by atoms with Crippen LogP contribution in [0.3, 0.4) is 0 Å². The van der Waals surface area contributed by atoms with Crippen LogP contribution in [0.1, 0.15) is 64.4 Å². The van der Waals surface area contributed by atoms with Crippen LogP contribution < -0.4 is 20.7 Å². The van der Waals surface area contributed by atoms with E-state index in [4.69, 9.17) is 21.1 Å². The van der Waals surface area contributed by atoms with Crippen LogP contribution in [0.2, 0.25) is 5.02 Å². The maximum Gasteiger partial charge on any atom is 0.328 e. The summed E-state index contributed by atoms with van der Waals surface area (Å²) in [6.45, 7) is 9.63. The van der Waals surface area contributed by atoms with Gasteiger partial charge in [0.05, 0.1) is 24.8 Å². The molecule has 3 rings (SSSR count). The molecule has 0 bridgehead atoms. The van der Waals surface area contributed by atoms with Crippen molar-refractivity contribution in [2.75, 3.05) is 14.2 Å². The lowest BCUT2D eigenvalue weighted by atomic mass is 9.87. The van der Waals surface area contributed by atoms with Crippen LogP contribution >= 0.6 is 11.6 Å². The molecular weight excluding hydrogens is 512 g/mol. The predicted molar refractivity (Wildman–Crippen MR) is 144 cm³/mol. The molecule has 0 aliphatic carbocycles. The van der Waals surface area contributed by atoms with E-state index in [1.165, 1.54) is 14.2 Å². The fourth-order valence-corrected chi connectivity index (χ4v) is 5.03. The third kappa shape index (κ3) is 7.18. The van der Waals surface area contributed by atoms with Crippen molar-refractivity contribution in [2.24, 2.45) is 11.3 Å². The SMILES string of the molecule is COC(=O)[C@H](C[C@@H]1CC(C)(C)NC1=O)NC(=O)[C@H](CC(C)(C)C)NC(=O)c1cc2cc(OC)cc(Cl)c2[nH]1. The number of H-pyrrole nitrogens is 1. The number of ether oxygens (including phenoxy) is 2. The van der Waals surface area contributed by atoms with E-state index in [0.717, 1.165) is 0 Å². The van der Waals surface area contributed by atoms with Crippen molar-refractivity contribution in [3.63, 3.8) is 0 Å². The Bertz CT molecular complexity index is 1230. The number of carbonyl (C=O) groups excluding carboxylic acids is 4. The number of aromatic amines is 1. The standard InChI is InChI=1S/C27H37ClN4O6/c1-26(2,3)13-20(31-23(34)18-9-14-8-16(37-6)11-17(28)21(14)29-18)24(35)30-19(25(36)38-7)10-15-12-27(4,5)32-22(15)33/h8-9,11,15,19-20,29H,10,12-13H2,1-7H3,(H,30,35)(H,31,34)(H,32,33)/t15-,19+,20+/m1/s1. The molecule has 4 N–H and O–H groups in total. The van der Waals surface area contributed by atoms with Gasteiger partial charge in [-0.2, -0.15) is 0 Å². The van der Waals surface area contributed by atoms with E-state index in [-0.39, 0.29) is 23.4 Å². The third-order valence-electron chi connectivity index (χ3n) is 6.48. The minimum absolute atomic E-state index is 0.0895. The van der Waals surface area contributed by atoms with Crippen LogP contribution in [0.15, 0.2) is 18.2 Å². The summed E-state index contributed by atoms with van der Waals surface area (Å²) in [6.07, 6.45) is 0.904. The van der Waals surface area contributed by atoms with Crippen LogP contribution in [0.5, 0.6) is 5.75 Å². The van der Waals surface area contributed by atoms with Gasteiger partial charge in [-0.3, -0.25) is 14.4 Å². The molecule has 0 spiro atoms. The zero-order chi connectivity index (χ0) is 28.4.